The van der Waals surface area contributed by atoms with Crippen LogP contribution in [0, 0.1) is 0 Å². The average Bonchev–Trinajstić information content (AvgIpc) is 2.54. The van der Waals surface area contributed by atoms with Crippen LogP contribution in [-0.2, 0) is 17.9 Å². The van der Waals surface area contributed by atoms with Crippen LogP contribution < -0.4 is 10.6 Å². The van der Waals surface area contributed by atoms with Gasteiger partial charge in [0, 0.05) is 25.0 Å². The first-order valence-corrected chi connectivity index (χ1v) is 4.83. The van der Waals surface area contributed by atoms with Gasteiger partial charge in [0.15, 0.2) is 0 Å². The second-order valence-corrected chi connectivity index (χ2v) is 3.11. The lowest BCUT2D eigenvalue weighted by Gasteiger charge is -2.08. The summed E-state index contributed by atoms with van der Waals surface area (Å²) in [5.74, 6) is 0.0565. The second-order valence-electron chi connectivity index (χ2n) is 3.11. The summed E-state index contributed by atoms with van der Waals surface area (Å²) in [5.41, 5.74) is 1.12. The van der Waals surface area contributed by atoms with E-state index in [2.05, 4.69) is 10.6 Å². The Morgan fingerprint density at radius 2 is 2.36 bits per heavy atom. The summed E-state index contributed by atoms with van der Waals surface area (Å²) in [6.45, 7) is 3.79. The fourth-order valence-electron chi connectivity index (χ4n) is 1.35. The largest absolute Gasteiger partial charge is 0.355 e. The number of carbonyl (C=O) groups excluding carboxylic acids is 1. The Bertz CT molecular complexity index is 293. The molecule has 0 fully saturated rings. The zero-order valence-electron chi connectivity index (χ0n) is 8.71. The highest BCUT2D eigenvalue weighted by atomic mass is 16.1. The van der Waals surface area contributed by atoms with Gasteiger partial charge in [0.25, 0.3) is 0 Å². The van der Waals surface area contributed by atoms with Gasteiger partial charge in [-0.05, 0) is 26.1 Å². The zero-order valence-corrected chi connectivity index (χ0v) is 8.71. The van der Waals surface area contributed by atoms with E-state index >= 15 is 0 Å². The number of aromatic nitrogens is 1. The lowest BCUT2D eigenvalue weighted by Crippen LogP contribution is -2.27. The number of likely N-dealkylation sites (N-methyl/N-ethyl adjacent to an activating group) is 1. The molecule has 1 aromatic rings. The third-order valence-electron chi connectivity index (χ3n) is 1.97. The molecule has 1 amide bonds. The summed E-state index contributed by atoms with van der Waals surface area (Å²) in [7, 11) is 1.89. The predicted octanol–water partition coefficient (Wildman–Crippen LogP) is 0.344. The number of nitrogens with one attached hydrogen (secondary N) is 2. The summed E-state index contributed by atoms with van der Waals surface area (Å²) in [6.07, 6.45) is 1.92. The highest BCUT2D eigenvalue weighted by Crippen LogP contribution is 2.01. The minimum atomic E-state index is 0.0565. The maximum Gasteiger partial charge on any atom is 0.239 e. The number of nitrogens with zero attached hydrogens (tertiary/aromatic N) is 1. The minimum Gasteiger partial charge on any atom is -0.355 e. The molecule has 0 aliphatic heterocycles. The summed E-state index contributed by atoms with van der Waals surface area (Å²) < 4.78 is 1.95. The molecular weight excluding hydrogens is 178 g/mol. The number of hydrogen-bond acceptors (Lipinski definition) is 2. The quantitative estimate of drug-likeness (QED) is 0.712. The van der Waals surface area contributed by atoms with Crippen molar-refractivity contribution in [2.45, 2.75) is 20.0 Å². The molecule has 1 aromatic heterocycles. The van der Waals surface area contributed by atoms with E-state index in [1.165, 1.54) is 0 Å². The van der Waals surface area contributed by atoms with Crippen molar-refractivity contribution in [3.63, 3.8) is 0 Å². The topological polar surface area (TPSA) is 46.1 Å². The number of carbonyl (C=O) groups is 1. The summed E-state index contributed by atoms with van der Waals surface area (Å²) in [5, 5.41) is 5.84. The fourth-order valence-corrected chi connectivity index (χ4v) is 1.35. The molecule has 0 unspecified atom stereocenters. The van der Waals surface area contributed by atoms with Crippen LogP contribution in [0.4, 0.5) is 0 Å². The van der Waals surface area contributed by atoms with Crippen LogP contribution >= 0.6 is 0 Å². The van der Waals surface area contributed by atoms with Gasteiger partial charge in [0.2, 0.25) is 5.91 Å². The van der Waals surface area contributed by atoms with Gasteiger partial charge in [-0.25, -0.2) is 0 Å². The minimum absolute atomic E-state index is 0.0565. The molecule has 78 valence electrons. The van der Waals surface area contributed by atoms with Crippen molar-refractivity contribution in [2.75, 3.05) is 13.6 Å². The van der Waals surface area contributed by atoms with Crippen molar-refractivity contribution < 1.29 is 4.79 Å². The monoisotopic (exact) mass is 195 g/mol. The standard InChI is InChI=1S/C10H17N3O/c1-3-12-10(14)8-13-6-4-5-9(13)7-11-2/h4-6,11H,3,7-8H2,1-2H3,(H,12,14). The van der Waals surface area contributed by atoms with Crippen LogP contribution in [-0.4, -0.2) is 24.1 Å². The lowest BCUT2D eigenvalue weighted by atomic mass is 10.4. The van der Waals surface area contributed by atoms with Crippen LogP contribution in [0.15, 0.2) is 18.3 Å². The van der Waals surface area contributed by atoms with E-state index in [4.69, 9.17) is 0 Å². The lowest BCUT2D eigenvalue weighted by molar-refractivity contribution is -0.121. The maximum absolute atomic E-state index is 11.3. The first-order valence-electron chi connectivity index (χ1n) is 4.83. The van der Waals surface area contributed by atoms with Gasteiger partial charge in [-0.3, -0.25) is 4.79 Å². The van der Waals surface area contributed by atoms with Crippen LogP contribution in [0.2, 0.25) is 0 Å². The Balaban J connectivity index is 2.56. The van der Waals surface area contributed by atoms with Gasteiger partial charge in [-0.15, -0.1) is 0 Å². The molecule has 4 nitrogen and oxygen atoms in total. The molecule has 2 N–H and O–H groups in total. The molecule has 4 heteroatoms. The van der Waals surface area contributed by atoms with Crippen molar-refractivity contribution in [3.8, 4) is 0 Å². The van der Waals surface area contributed by atoms with E-state index in [0.29, 0.717) is 13.1 Å². The first-order chi connectivity index (χ1) is 6.77. The van der Waals surface area contributed by atoms with Crippen molar-refractivity contribution in [3.05, 3.63) is 24.0 Å². The third kappa shape index (κ3) is 2.88. The van der Waals surface area contributed by atoms with Crippen LogP contribution in [0.3, 0.4) is 0 Å². The molecule has 0 aromatic carbocycles. The van der Waals surface area contributed by atoms with E-state index < -0.39 is 0 Å². The fraction of sp³-hybridized carbons (Fsp3) is 0.500. The molecule has 1 rings (SSSR count). The van der Waals surface area contributed by atoms with E-state index in [0.717, 1.165) is 12.2 Å². The van der Waals surface area contributed by atoms with Crippen molar-refractivity contribution in [1.82, 2.24) is 15.2 Å². The first kappa shape index (κ1) is 10.8. The SMILES string of the molecule is CCNC(=O)Cn1cccc1CNC. The van der Waals surface area contributed by atoms with Crippen molar-refractivity contribution >= 4 is 5.91 Å². The molecule has 0 aliphatic rings. The van der Waals surface area contributed by atoms with E-state index in [-0.39, 0.29) is 5.91 Å². The molecule has 0 aliphatic carbocycles. The molecule has 0 radical (unpaired) electrons. The van der Waals surface area contributed by atoms with Crippen molar-refractivity contribution in [2.24, 2.45) is 0 Å². The Morgan fingerprint density at radius 1 is 1.57 bits per heavy atom. The van der Waals surface area contributed by atoms with Gasteiger partial charge < -0.3 is 15.2 Å². The molecule has 0 spiro atoms. The summed E-state index contributed by atoms with van der Waals surface area (Å²) in [6, 6.07) is 3.96. The molecule has 0 saturated heterocycles. The normalized spacial score (nSPS) is 10.1. The number of hydrogen-bond donors (Lipinski definition) is 2. The summed E-state index contributed by atoms with van der Waals surface area (Å²) in [4.78, 5) is 11.3. The molecule has 14 heavy (non-hydrogen) atoms. The molecule has 0 saturated carbocycles. The Hall–Kier alpha value is -1.29. The second kappa shape index (κ2) is 5.44. The number of rotatable bonds is 5. The number of amides is 1. The van der Waals surface area contributed by atoms with Crippen LogP contribution in [0.1, 0.15) is 12.6 Å². The Labute approximate surface area is 84.3 Å². The molecular formula is C10H17N3O. The van der Waals surface area contributed by atoms with Crippen LogP contribution in [0.5, 0.6) is 0 Å². The van der Waals surface area contributed by atoms with Gasteiger partial charge in [0.05, 0.1) is 0 Å². The van der Waals surface area contributed by atoms with Gasteiger partial charge >= 0.3 is 0 Å². The van der Waals surface area contributed by atoms with Crippen LogP contribution in [0.25, 0.3) is 0 Å². The smallest absolute Gasteiger partial charge is 0.239 e. The van der Waals surface area contributed by atoms with Gasteiger partial charge in [-0.2, -0.15) is 0 Å². The summed E-state index contributed by atoms with van der Waals surface area (Å²) >= 11 is 0. The highest BCUT2D eigenvalue weighted by Gasteiger charge is 2.04. The molecule has 0 bridgehead atoms. The average molecular weight is 195 g/mol. The maximum atomic E-state index is 11.3. The Morgan fingerprint density at radius 3 is 3.00 bits per heavy atom. The van der Waals surface area contributed by atoms with E-state index in [1.54, 1.807) is 0 Å². The van der Waals surface area contributed by atoms with E-state index in [1.807, 2.05) is 36.9 Å². The van der Waals surface area contributed by atoms with Gasteiger partial charge in [0.1, 0.15) is 6.54 Å². The zero-order chi connectivity index (χ0) is 10.4. The Kier molecular flexibility index (Phi) is 4.19. The molecule has 1 heterocycles. The highest BCUT2D eigenvalue weighted by molar-refractivity contribution is 5.75. The predicted molar refractivity (Wildman–Crippen MR) is 55.9 cm³/mol. The third-order valence-corrected chi connectivity index (χ3v) is 1.97. The van der Waals surface area contributed by atoms with Gasteiger partial charge in [-0.1, -0.05) is 0 Å². The van der Waals surface area contributed by atoms with E-state index in [9.17, 15) is 4.79 Å². The molecule has 0 atom stereocenters. The van der Waals surface area contributed by atoms with Crippen molar-refractivity contribution in [1.29, 1.82) is 0 Å².